The maximum Gasteiger partial charge on any atom is 0.343 e. The Hall–Kier alpha value is -4.59. The predicted octanol–water partition coefficient (Wildman–Crippen LogP) is 5.69. The van der Waals surface area contributed by atoms with Crippen molar-refractivity contribution >= 4 is 22.9 Å². The number of ether oxygens (including phenoxy) is 4. The molecule has 0 aliphatic heterocycles. The Morgan fingerprint density at radius 1 is 0.833 bits per heavy atom. The molecule has 184 valence electrons. The number of carbonyl (C=O) groups excluding carboxylic acids is 2. The first-order chi connectivity index (χ1) is 17.4. The fourth-order valence-corrected chi connectivity index (χ4v) is 3.40. The van der Waals surface area contributed by atoms with Gasteiger partial charge >= 0.3 is 11.9 Å². The summed E-state index contributed by atoms with van der Waals surface area (Å²) in [4.78, 5) is 37.5. The summed E-state index contributed by atoms with van der Waals surface area (Å²) in [5.74, 6) is 0.501. The molecule has 1 aromatic heterocycles. The van der Waals surface area contributed by atoms with Crippen molar-refractivity contribution in [2.75, 3.05) is 13.7 Å². The smallest absolute Gasteiger partial charge is 0.343 e. The fourth-order valence-electron chi connectivity index (χ4n) is 3.40. The molecule has 36 heavy (non-hydrogen) atoms. The highest BCUT2D eigenvalue weighted by Crippen LogP contribution is 2.28. The summed E-state index contributed by atoms with van der Waals surface area (Å²) in [6, 6.07) is 17.3. The average molecular weight is 488 g/mol. The van der Waals surface area contributed by atoms with E-state index in [-0.39, 0.29) is 33.7 Å². The van der Waals surface area contributed by atoms with Crippen molar-refractivity contribution in [1.29, 1.82) is 0 Å². The molecule has 8 nitrogen and oxygen atoms in total. The van der Waals surface area contributed by atoms with Crippen LogP contribution >= 0.6 is 0 Å². The van der Waals surface area contributed by atoms with Crippen LogP contribution in [0.2, 0.25) is 0 Å². The van der Waals surface area contributed by atoms with Gasteiger partial charge in [0.2, 0.25) is 11.2 Å². The third kappa shape index (κ3) is 5.38. The average Bonchev–Trinajstić information content (AvgIpc) is 2.90. The van der Waals surface area contributed by atoms with E-state index in [1.165, 1.54) is 25.3 Å². The first-order valence-electron chi connectivity index (χ1n) is 11.3. The summed E-state index contributed by atoms with van der Waals surface area (Å²) in [7, 11) is 1.54. The Morgan fingerprint density at radius 3 is 2.08 bits per heavy atom. The van der Waals surface area contributed by atoms with E-state index in [1.54, 1.807) is 55.5 Å². The molecule has 0 amide bonds. The molecule has 0 unspecified atom stereocenters. The van der Waals surface area contributed by atoms with Crippen LogP contribution in [-0.2, 0) is 4.74 Å². The number of benzene rings is 3. The van der Waals surface area contributed by atoms with Crippen LogP contribution in [0.3, 0.4) is 0 Å². The molecule has 0 saturated carbocycles. The van der Waals surface area contributed by atoms with Crippen molar-refractivity contribution in [3.63, 3.8) is 0 Å². The second-order valence-electron chi connectivity index (χ2n) is 7.85. The zero-order valence-electron chi connectivity index (χ0n) is 20.0. The van der Waals surface area contributed by atoms with Gasteiger partial charge in [0.1, 0.15) is 28.6 Å². The fraction of sp³-hybridized carbons (Fsp3) is 0.179. The Labute approximate surface area is 207 Å². The molecular weight excluding hydrogens is 464 g/mol. The van der Waals surface area contributed by atoms with Gasteiger partial charge in [-0.3, -0.25) is 4.79 Å². The van der Waals surface area contributed by atoms with Crippen molar-refractivity contribution in [3.05, 3.63) is 93.8 Å². The van der Waals surface area contributed by atoms with Gasteiger partial charge in [0.05, 0.1) is 30.2 Å². The number of aryl methyl sites for hydroxylation is 1. The molecule has 1 heterocycles. The third-order valence-corrected chi connectivity index (χ3v) is 5.27. The van der Waals surface area contributed by atoms with Crippen molar-refractivity contribution < 1.29 is 33.0 Å². The molecule has 3 aromatic carbocycles. The summed E-state index contributed by atoms with van der Waals surface area (Å²) in [5, 5.41) is 0.264. The standard InChI is InChI=1S/C28H24O8/c1-4-15-33-27(30)18-7-11-21(12-8-18)35-26-17(2)34-24-16-22(13-14-23(24)25(26)29)36-28(31)19-5-9-20(32-3)10-6-19/h5-14,16H,4,15H2,1-3H3. The molecule has 0 atom stereocenters. The maximum absolute atomic E-state index is 13.1. The summed E-state index contributed by atoms with van der Waals surface area (Å²) >= 11 is 0. The van der Waals surface area contributed by atoms with Gasteiger partial charge in [-0.15, -0.1) is 0 Å². The molecule has 0 bridgehead atoms. The summed E-state index contributed by atoms with van der Waals surface area (Å²) in [5.41, 5.74) is 0.601. The van der Waals surface area contributed by atoms with Crippen LogP contribution in [0.5, 0.6) is 23.0 Å². The monoisotopic (exact) mass is 488 g/mol. The summed E-state index contributed by atoms with van der Waals surface area (Å²) in [6.45, 7) is 3.86. The molecular formula is C28H24O8. The first kappa shape index (κ1) is 24.5. The van der Waals surface area contributed by atoms with Crippen LogP contribution in [-0.4, -0.2) is 25.7 Å². The number of hydrogen-bond donors (Lipinski definition) is 0. The summed E-state index contributed by atoms with van der Waals surface area (Å²) < 4.78 is 27.2. The summed E-state index contributed by atoms with van der Waals surface area (Å²) in [6.07, 6.45) is 0.733. The highest BCUT2D eigenvalue weighted by molar-refractivity contribution is 5.92. The molecule has 0 radical (unpaired) electrons. The number of hydrogen-bond acceptors (Lipinski definition) is 8. The van der Waals surface area contributed by atoms with Crippen molar-refractivity contribution in [3.8, 4) is 23.0 Å². The normalized spacial score (nSPS) is 10.6. The molecule has 0 aliphatic carbocycles. The van der Waals surface area contributed by atoms with E-state index in [1.807, 2.05) is 6.92 Å². The lowest BCUT2D eigenvalue weighted by Gasteiger charge is -2.10. The van der Waals surface area contributed by atoms with Crippen LogP contribution in [0.15, 0.2) is 75.9 Å². The van der Waals surface area contributed by atoms with Crippen LogP contribution < -0.4 is 19.6 Å². The molecule has 4 rings (SSSR count). The van der Waals surface area contributed by atoms with Gasteiger partial charge in [0.15, 0.2) is 0 Å². The third-order valence-electron chi connectivity index (χ3n) is 5.27. The van der Waals surface area contributed by atoms with Crippen LogP contribution in [0.4, 0.5) is 0 Å². The van der Waals surface area contributed by atoms with Gasteiger partial charge in [-0.1, -0.05) is 6.92 Å². The van der Waals surface area contributed by atoms with Gasteiger partial charge < -0.3 is 23.4 Å². The Kier molecular flexibility index (Phi) is 7.34. The van der Waals surface area contributed by atoms with Crippen molar-refractivity contribution in [2.24, 2.45) is 0 Å². The van der Waals surface area contributed by atoms with Gasteiger partial charge in [-0.2, -0.15) is 0 Å². The Balaban J connectivity index is 1.53. The van der Waals surface area contributed by atoms with Crippen molar-refractivity contribution in [2.45, 2.75) is 20.3 Å². The first-order valence-corrected chi connectivity index (χ1v) is 11.3. The van der Waals surface area contributed by atoms with E-state index in [0.29, 0.717) is 29.2 Å². The lowest BCUT2D eigenvalue weighted by Crippen LogP contribution is -2.10. The van der Waals surface area contributed by atoms with Gasteiger partial charge in [0, 0.05) is 6.07 Å². The van der Waals surface area contributed by atoms with Gasteiger partial charge in [-0.25, -0.2) is 9.59 Å². The van der Waals surface area contributed by atoms with Crippen molar-refractivity contribution in [1.82, 2.24) is 0 Å². The number of esters is 2. The Morgan fingerprint density at radius 2 is 1.44 bits per heavy atom. The molecule has 0 N–H and O–H groups in total. The number of fused-ring (bicyclic) bond motifs is 1. The second-order valence-corrected chi connectivity index (χ2v) is 7.85. The lowest BCUT2D eigenvalue weighted by molar-refractivity contribution is 0.0504. The quantitative estimate of drug-likeness (QED) is 0.230. The highest BCUT2D eigenvalue weighted by Gasteiger charge is 2.16. The topological polar surface area (TPSA) is 101 Å². The molecule has 0 fully saturated rings. The van der Waals surface area contributed by atoms with Crippen LogP contribution in [0.25, 0.3) is 11.0 Å². The zero-order chi connectivity index (χ0) is 25.7. The van der Waals surface area contributed by atoms with Crippen LogP contribution in [0.1, 0.15) is 39.8 Å². The highest BCUT2D eigenvalue weighted by atomic mass is 16.5. The van der Waals surface area contributed by atoms with E-state index in [0.717, 1.165) is 6.42 Å². The zero-order valence-corrected chi connectivity index (χ0v) is 20.0. The minimum absolute atomic E-state index is 0.0202. The van der Waals surface area contributed by atoms with E-state index < -0.39 is 11.9 Å². The minimum atomic E-state index is -0.557. The molecule has 4 aromatic rings. The van der Waals surface area contributed by atoms with E-state index in [2.05, 4.69) is 0 Å². The largest absolute Gasteiger partial charge is 0.497 e. The molecule has 0 aliphatic rings. The van der Waals surface area contributed by atoms with E-state index >= 15 is 0 Å². The maximum atomic E-state index is 13.1. The Bertz CT molecular complexity index is 1450. The number of carbonyl (C=O) groups is 2. The van der Waals surface area contributed by atoms with Gasteiger partial charge in [0.25, 0.3) is 0 Å². The molecule has 0 saturated heterocycles. The van der Waals surface area contributed by atoms with Crippen LogP contribution in [0, 0.1) is 6.92 Å². The van der Waals surface area contributed by atoms with E-state index in [4.69, 9.17) is 23.4 Å². The van der Waals surface area contributed by atoms with Gasteiger partial charge in [-0.05, 0) is 74.0 Å². The van der Waals surface area contributed by atoms with E-state index in [9.17, 15) is 14.4 Å². The SMILES string of the molecule is CCCOC(=O)c1ccc(Oc2c(C)oc3cc(OC(=O)c4ccc(OC)cc4)ccc3c2=O)cc1. The minimum Gasteiger partial charge on any atom is -0.497 e. The molecule has 0 spiro atoms. The predicted molar refractivity (Wildman–Crippen MR) is 132 cm³/mol. The molecule has 8 heteroatoms. The number of rotatable bonds is 8. The second kappa shape index (κ2) is 10.8. The number of methoxy groups -OCH3 is 1. The lowest BCUT2D eigenvalue weighted by atomic mass is 10.2.